The third-order valence-corrected chi connectivity index (χ3v) is 4.43. The van der Waals surface area contributed by atoms with Gasteiger partial charge in [0.1, 0.15) is 0 Å². The van der Waals surface area contributed by atoms with E-state index in [1.165, 1.54) is 11.8 Å². The molecule has 2 heterocycles. The minimum Gasteiger partial charge on any atom is -0.466 e. The molecule has 2 aliphatic heterocycles. The standard InChI is InChI=1S/C11H18O3S2/c1-10(14-9(15)16-2)6-8-13-11(10)5-3-4-7-12-11/h3-8H2,1-2H3/t10-,11+/m1/s1. The van der Waals surface area contributed by atoms with Crippen molar-refractivity contribution in [2.24, 2.45) is 0 Å². The molecular weight excluding hydrogens is 244 g/mol. The summed E-state index contributed by atoms with van der Waals surface area (Å²) in [6.07, 6.45) is 5.91. The molecule has 92 valence electrons. The quantitative estimate of drug-likeness (QED) is 0.677. The van der Waals surface area contributed by atoms with Crippen molar-refractivity contribution in [1.82, 2.24) is 0 Å². The van der Waals surface area contributed by atoms with E-state index in [0.717, 1.165) is 32.3 Å². The molecule has 0 unspecified atom stereocenters. The minimum absolute atomic E-state index is 0.423. The van der Waals surface area contributed by atoms with Gasteiger partial charge in [-0.1, -0.05) is 11.8 Å². The first-order valence-electron chi connectivity index (χ1n) is 5.67. The summed E-state index contributed by atoms with van der Waals surface area (Å²) in [6.45, 7) is 3.49. The number of hydrogen-bond acceptors (Lipinski definition) is 5. The molecule has 5 heteroatoms. The molecule has 0 radical (unpaired) electrons. The first-order valence-corrected chi connectivity index (χ1v) is 7.30. The van der Waals surface area contributed by atoms with E-state index in [0.29, 0.717) is 11.0 Å². The van der Waals surface area contributed by atoms with E-state index in [9.17, 15) is 0 Å². The van der Waals surface area contributed by atoms with E-state index in [-0.39, 0.29) is 0 Å². The SMILES string of the molecule is CSC(=S)O[C@]1(C)CCO[C@@]12CCCCO2. The third-order valence-electron chi connectivity index (χ3n) is 3.43. The van der Waals surface area contributed by atoms with Crippen LogP contribution in [0.5, 0.6) is 0 Å². The summed E-state index contributed by atoms with van der Waals surface area (Å²) in [6, 6.07) is 0. The van der Waals surface area contributed by atoms with Gasteiger partial charge in [0.15, 0.2) is 5.60 Å². The number of ether oxygens (including phenoxy) is 3. The Hall–Kier alpha value is 0.160. The first kappa shape index (κ1) is 12.6. The van der Waals surface area contributed by atoms with Gasteiger partial charge in [0, 0.05) is 12.8 Å². The molecule has 2 aliphatic rings. The van der Waals surface area contributed by atoms with Crippen molar-refractivity contribution in [1.29, 1.82) is 0 Å². The van der Waals surface area contributed by atoms with E-state index in [2.05, 4.69) is 0 Å². The zero-order chi connectivity index (χ0) is 11.6. The molecule has 0 saturated carbocycles. The Morgan fingerprint density at radius 3 is 2.62 bits per heavy atom. The second-order valence-electron chi connectivity index (χ2n) is 4.44. The van der Waals surface area contributed by atoms with Crippen molar-refractivity contribution < 1.29 is 14.2 Å². The van der Waals surface area contributed by atoms with Crippen LogP contribution in [0.4, 0.5) is 0 Å². The fourth-order valence-electron chi connectivity index (χ4n) is 2.41. The Morgan fingerprint density at radius 2 is 2.00 bits per heavy atom. The summed E-state index contributed by atoms with van der Waals surface area (Å²) in [5, 5.41) is 0. The van der Waals surface area contributed by atoms with Crippen LogP contribution in [-0.4, -0.2) is 35.2 Å². The number of thiocarbonyl (C=S) groups is 1. The van der Waals surface area contributed by atoms with Crippen molar-refractivity contribution in [3.05, 3.63) is 0 Å². The van der Waals surface area contributed by atoms with Crippen LogP contribution in [0.15, 0.2) is 0 Å². The van der Waals surface area contributed by atoms with E-state index in [4.69, 9.17) is 26.4 Å². The highest BCUT2D eigenvalue weighted by Crippen LogP contribution is 2.45. The highest BCUT2D eigenvalue weighted by Gasteiger charge is 2.57. The smallest absolute Gasteiger partial charge is 0.220 e. The highest BCUT2D eigenvalue weighted by atomic mass is 32.2. The molecule has 2 rings (SSSR count). The van der Waals surface area contributed by atoms with Gasteiger partial charge < -0.3 is 14.2 Å². The van der Waals surface area contributed by atoms with Gasteiger partial charge in [0.2, 0.25) is 10.2 Å². The largest absolute Gasteiger partial charge is 0.466 e. The summed E-state index contributed by atoms with van der Waals surface area (Å²) in [4.78, 5) is 0. The molecule has 0 aromatic rings. The van der Waals surface area contributed by atoms with Crippen LogP contribution >= 0.6 is 24.0 Å². The molecule has 3 nitrogen and oxygen atoms in total. The van der Waals surface area contributed by atoms with Crippen molar-refractivity contribution >= 4 is 28.4 Å². The topological polar surface area (TPSA) is 27.7 Å². The van der Waals surface area contributed by atoms with Crippen molar-refractivity contribution in [3.63, 3.8) is 0 Å². The van der Waals surface area contributed by atoms with Gasteiger partial charge in [-0.25, -0.2) is 0 Å². The molecule has 2 saturated heterocycles. The van der Waals surface area contributed by atoms with Crippen molar-refractivity contribution in [3.8, 4) is 0 Å². The lowest BCUT2D eigenvalue weighted by Gasteiger charge is -2.43. The molecule has 16 heavy (non-hydrogen) atoms. The number of hydrogen-bond donors (Lipinski definition) is 0. The monoisotopic (exact) mass is 262 g/mol. The van der Waals surface area contributed by atoms with Gasteiger partial charge in [-0.3, -0.25) is 0 Å². The lowest BCUT2D eigenvalue weighted by Crippen LogP contribution is -2.54. The maximum Gasteiger partial charge on any atom is 0.220 e. The van der Waals surface area contributed by atoms with E-state index >= 15 is 0 Å². The van der Waals surface area contributed by atoms with Crippen molar-refractivity contribution in [2.45, 2.75) is 44.0 Å². The molecule has 0 N–H and O–H groups in total. The molecule has 2 atom stereocenters. The Balaban J connectivity index is 2.14. The van der Waals surface area contributed by atoms with Crippen LogP contribution in [0.2, 0.25) is 0 Å². The van der Waals surface area contributed by atoms with E-state index in [1.807, 2.05) is 13.2 Å². The maximum absolute atomic E-state index is 5.89. The van der Waals surface area contributed by atoms with Crippen LogP contribution in [0.1, 0.15) is 32.6 Å². The molecular formula is C11H18O3S2. The van der Waals surface area contributed by atoms with Crippen LogP contribution < -0.4 is 0 Å². The normalized spacial score (nSPS) is 38.9. The lowest BCUT2D eigenvalue weighted by molar-refractivity contribution is -0.287. The molecule has 1 spiro atoms. The summed E-state index contributed by atoms with van der Waals surface area (Å²) in [5.41, 5.74) is -0.423. The predicted molar refractivity (Wildman–Crippen MR) is 68.7 cm³/mol. The average Bonchev–Trinajstić information content (AvgIpc) is 2.57. The summed E-state index contributed by atoms with van der Waals surface area (Å²) < 4.78 is 18.2. The molecule has 0 bridgehead atoms. The van der Waals surface area contributed by atoms with Gasteiger partial charge in [0.05, 0.1) is 13.2 Å². The zero-order valence-electron chi connectivity index (χ0n) is 9.78. The molecule has 0 aromatic heterocycles. The second kappa shape index (κ2) is 4.80. The van der Waals surface area contributed by atoms with Gasteiger partial charge in [-0.15, -0.1) is 0 Å². The summed E-state index contributed by atoms with van der Waals surface area (Å²) in [7, 11) is 0. The van der Waals surface area contributed by atoms with E-state index in [1.54, 1.807) is 0 Å². The van der Waals surface area contributed by atoms with Gasteiger partial charge in [-0.2, -0.15) is 0 Å². The van der Waals surface area contributed by atoms with Gasteiger partial charge in [-0.05, 0) is 38.2 Å². The van der Waals surface area contributed by atoms with Gasteiger partial charge in [0.25, 0.3) is 0 Å². The fourth-order valence-corrected chi connectivity index (χ4v) is 2.86. The van der Waals surface area contributed by atoms with Crippen LogP contribution in [0, 0.1) is 0 Å². The first-order chi connectivity index (χ1) is 7.62. The fraction of sp³-hybridized carbons (Fsp3) is 0.909. The Morgan fingerprint density at radius 1 is 1.25 bits per heavy atom. The predicted octanol–water partition coefficient (Wildman–Crippen LogP) is 2.73. The minimum atomic E-state index is -0.564. The zero-order valence-corrected chi connectivity index (χ0v) is 11.4. The lowest BCUT2D eigenvalue weighted by atomic mass is 9.88. The van der Waals surface area contributed by atoms with Crippen molar-refractivity contribution in [2.75, 3.05) is 19.5 Å². The summed E-state index contributed by atoms with van der Waals surface area (Å²) in [5.74, 6) is -0.564. The highest BCUT2D eigenvalue weighted by molar-refractivity contribution is 8.22. The average molecular weight is 262 g/mol. The van der Waals surface area contributed by atoms with Crippen LogP contribution in [-0.2, 0) is 14.2 Å². The summed E-state index contributed by atoms with van der Waals surface area (Å²) >= 11 is 6.60. The second-order valence-corrected chi connectivity index (χ2v) is 5.85. The third kappa shape index (κ3) is 2.10. The Kier molecular flexibility index (Phi) is 3.79. The van der Waals surface area contributed by atoms with Crippen LogP contribution in [0.25, 0.3) is 0 Å². The molecule has 0 amide bonds. The van der Waals surface area contributed by atoms with E-state index < -0.39 is 11.4 Å². The number of thioether (sulfide) groups is 1. The molecule has 2 fully saturated rings. The Labute approximate surface area is 106 Å². The van der Waals surface area contributed by atoms with Gasteiger partial charge >= 0.3 is 0 Å². The van der Waals surface area contributed by atoms with Crippen LogP contribution in [0.3, 0.4) is 0 Å². The molecule has 0 aromatic carbocycles. The molecule has 0 aliphatic carbocycles. The number of rotatable bonds is 1. The Bertz CT molecular complexity index is 276. The maximum atomic E-state index is 5.89.